The van der Waals surface area contributed by atoms with Gasteiger partial charge in [0.25, 0.3) is 0 Å². The molecule has 0 aromatic carbocycles. The molecule has 1 saturated carbocycles. The van der Waals surface area contributed by atoms with Gasteiger partial charge in [-0.1, -0.05) is 19.8 Å². The van der Waals surface area contributed by atoms with Crippen LogP contribution in [-0.4, -0.2) is 60.4 Å². The van der Waals surface area contributed by atoms with Crippen molar-refractivity contribution in [1.82, 2.24) is 15.1 Å². The van der Waals surface area contributed by atoms with Crippen LogP contribution in [0.3, 0.4) is 0 Å². The molecule has 1 saturated heterocycles. The molecule has 1 aliphatic heterocycles. The standard InChI is InChI=1S/C16H29N3O2/c1-3-8-17-15(20)13(2)18-9-11-19(12-10-18)16(21)14-6-4-5-7-14/h13-14H,3-12H2,1-2H3,(H,17,20)/t13-/m0/s1. The molecule has 0 unspecified atom stereocenters. The van der Waals surface area contributed by atoms with Crippen molar-refractivity contribution in [2.24, 2.45) is 5.92 Å². The zero-order chi connectivity index (χ0) is 15.2. The van der Waals surface area contributed by atoms with Crippen molar-refractivity contribution in [2.75, 3.05) is 32.7 Å². The molecule has 21 heavy (non-hydrogen) atoms. The van der Waals surface area contributed by atoms with Crippen molar-refractivity contribution < 1.29 is 9.59 Å². The molecule has 2 amide bonds. The van der Waals surface area contributed by atoms with Crippen molar-refractivity contribution in [3.05, 3.63) is 0 Å². The molecule has 0 aromatic rings. The third kappa shape index (κ3) is 4.19. The average molecular weight is 295 g/mol. The van der Waals surface area contributed by atoms with Gasteiger partial charge >= 0.3 is 0 Å². The van der Waals surface area contributed by atoms with Crippen LogP contribution in [0.5, 0.6) is 0 Å². The van der Waals surface area contributed by atoms with E-state index in [0.29, 0.717) is 5.91 Å². The summed E-state index contributed by atoms with van der Waals surface area (Å²) in [7, 11) is 0. The minimum absolute atomic E-state index is 0.0970. The third-order valence-corrected chi connectivity index (χ3v) is 4.81. The van der Waals surface area contributed by atoms with Gasteiger partial charge in [0.1, 0.15) is 0 Å². The number of carbonyl (C=O) groups is 2. The highest BCUT2D eigenvalue weighted by Gasteiger charge is 2.31. The lowest BCUT2D eigenvalue weighted by Crippen LogP contribution is -2.55. The molecule has 5 nitrogen and oxygen atoms in total. The Bertz CT molecular complexity index is 359. The summed E-state index contributed by atoms with van der Waals surface area (Å²) >= 11 is 0. The van der Waals surface area contributed by atoms with Gasteiger partial charge in [-0.15, -0.1) is 0 Å². The van der Waals surface area contributed by atoms with E-state index in [1.165, 1.54) is 12.8 Å². The van der Waals surface area contributed by atoms with E-state index in [1.54, 1.807) is 0 Å². The molecule has 0 spiro atoms. The van der Waals surface area contributed by atoms with Crippen molar-refractivity contribution in [3.8, 4) is 0 Å². The second-order valence-corrected chi connectivity index (χ2v) is 6.31. The van der Waals surface area contributed by atoms with E-state index < -0.39 is 0 Å². The van der Waals surface area contributed by atoms with Crippen LogP contribution >= 0.6 is 0 Å². The van der Waals surface area contributed by atoms with E-state index in [4.69, 9.17) is 0 Å². The number of carbonyl (C=O) groups excluding carboxylic acids is 2. The number of nitrogens with one attached hydrogen (secondary N) is 1. The van der Waals surface area contributed by atoms with Gasteiger partial charge in [-0.05, 0) is 26.2 Å². The van der Waals surface area contributed by atoms with E-state index >= 15 is 0 Å². The first-order valence-corrected chi connectivity index (χ1v) is 8.44. The van der Waals surface area contributed by atoms with Crippen molar-refractivity contribution in [2.45, 2.75) is 52.0 Å². The van der Waals surface area contributed by atoms with Gasteiger partial charge in [-0.3, -0.25) is 14.5 Å². The first-order valence-electron chi connectivity index (χ1n) is 8.44. The molecule has 0 radical (unpaired) electrons. The first kappa shape index (κ1) is 16.3. The molecule has 1 N–H and O–H groups in total. The smallest absolute Gasteiger partial charge is 0.237 e. The van der Waals surface area contributed by atoms with Crippen molar-refractivity contribution in [1.29, 1.82) is 0 Å². The number of amides is 2. The zero-order valence-corrected chi connectivity index (χ0v) is 13.4. The van der Waals surface area contributed by atoms with Crippen LogP contribution < -0.4 is 5.32 Å². The summed E-state index contributed by atoms with van der Waals surface area (Å²) in [5.41, 5.74) is 0. The van der Waals surface area contributed by atoms with Gasteiger partial charge in [-0.2, -0.15) is 0 Å². The maximum absolute atomic E-state index is 12.4. The quantitative estimate of drug-likeness (QED) is 0.830. The van der Waals surface area contributed by atoms with Crippen LogP contribution in [-0.2, 0) is 9.59 Å². The molecular formula is C16H29N3O2. The molecule has 0 aromatic heterocycles. The Morgan fingerprint density at radius 2 is 1.76 bits per heavy atom. The van der Waals surface area contributed by atoms with Gasteiger partial charge < -0.3 is 10.2 Å². The van der Waals surface area contributed by atoms with Gasteiger partial charge in [-0.25, -0.2) is 0 Å². The van der Waals surface area contributed by atoms with Crippen LogP contribution in [0.4, 0.5) is 0 Å². The second-order valence-electron chi connectivity index (χ2n) is 6.31. The lowest BCUT2D eigenvalue weighted by Gasteiger charge is -2.38. The highest BCUT2D eigenvalue weighted by molar-refractivity contribution is 5.81. The summed E-state index contributed by atoms with van der Waals surface area (Å²) in [6.45, 7) is 7.89. The van der Waals surface area contributed by atoms with E-state index in [-0.39, 0.29) is 17.9 Å². The Hall–Kier alpha value is -1.10. The molecule has 5 heteroatoms. The molecule has 120 valence electrons. The van der Waals surface area contributed by atoms with Crippen molar-refractivity contribution >= 4 is 11.8 Å². The van der Waals surface area contributed by atoms with E-state index in [1.807, 2.05) is 11.8 Å². The first-order chi connectivity index (χ1) is 10.1. The summed E-state index contributed by atoms with van der Waals surface area (Å²) in [6.07, 6.45) is 5.49. The molecule has 1 heterocycles. The summed E-state index contributed by atoms with van der Waals surface area (Å²) < 4.78 is 0. The van der Waals surface area contributed by atoms with Crippen molar-refractivity contribution in [3.63, 3.8) is 0 Å². The van der Waals surface area contributed by atoms with E-state index in [2.05, 4.69) is 17.1 Å². The minimum atomic E-state index is -0.0970. The number of hydrogen-bond donors (Lipinski definition) is 1. The highest BCUT2D eigenvalue weighted by atomic mass is 16.2. The van der Waals surface area contributed by atoms with E-state index in [0.717, 1.165) is 52.0 Å². The van der Waals surface area contributed by atoms with Gasteiger partial charge in [0.2, 0.25) is 11.8 Å². The Kier molecular flexibility index (Phi) is 6.03. The zero-order valence-electron chi connectivity index (χ0n) is 13.4. The summed E-state index contributed by atoms with van der Waals surface area (Å²) in [4.78, 5) is 28.6. The topological polar surface area (TPSA) is 52.7 Å². The largest absolute Gasteiger partial charge is 0.355 e. The fraction of sp³-hybridized carbons (Fsp3) is 0.875. The normalized spacial score (nSPS) is 22.3. The Labute approximate surface area is 128 Å². The monoisotopic (exact) mass is 295 g/mol. The summed E-state index contributed by atoms with van der Waals surface area (Å²) in [5, 5.41) is 2.95. The molecule has 2 aliphatic rings. The molecule has 0 bridgehead atoms. The number of hydrogen-bond acceptors (Lipinski definition) is 3. The predicted molar refractivity (Wildman–Crippen MR) is 82.9 cm³/mol. The lowest BCUT2D eigenvalue weighted by molar-refractivity contribution is -0.138. The van der Waals surface area contributed by atoms with Crippen LogP contribution in [0.1, 0.15) is 46.0 Å². The Morgan fingerprint density at radius 3 is 2.33 bits per heavy atom. The fourth-order valence-corrected chi connectivity index (χ4v) is 3.32. The summed E-state index contributed by atoms with van der Waals surface area (Å²) in [5.74, 6) is 0.712. The molecule has 2 rings (SSSR count). The Balaban J connectivity index is 1.77. The maximum Gasteiger partial charge on any atom is 0.237 e. The molecular weight excluding hydrogens is 266 g/mol. The van der Waals surface area contributed by atoms with Gasteiger partial charge in [0, 0.05) is 38.6 Å². The molecule has 1 aliphatic carbocycles. The number of piperazine rings is 1. The second kappa shape index (κ2) is 7.78. The summed E-state index contributed by atoms with van der Waals surface area (Å²) in [6, 6.07) is -0.0970. The number of rotatable bonds is 5. The Morgan fingerprint density at radius 1 is 1.14 bits per heavy atom. The molecule has 2 fully saturated rings. The fourth-order valence-electron chi connectivity index (χ4n) is 3.32. The van der Waals surface area contributed by atoms with E-state index in [9.17, 15) is 9.59 Å². The predicted octanol–water partition coefficient (Wildman–Crippen LogP) is 1.24. The van der Waals surface area contributed by atoms with Gasteiger partial charge in [0.05, 0.1) is 6.04 Å². The van der Waals surface area contributed by atoms with Gasteiger partial charge in [0.15, 0.2) is 0 Å². The van der Waals surface area contributed by atoms with Crippen LogP contribution in [0.15, 0.2) is 0 Å². The number of nitrogens with zero attached hydrogens (tertiary/aromatic N) is 2. The van der Waals surface area contributed by atoms with Crippen LogP contribution in [0.2, 0.25) is 0 Å². The third-order valence-electron chi connectivity index (χ3n) is 4.81. The maximum atomic E-state index is 12.4. The minimum Gasteiger partial charge on any atom is -0.355 e. The average Bonchev–Trinajstić information content (AvgIpc) is 3.05. The van der Waals surface area contributed by atoms with Crippen LogP contribution in [0, 0.1) is 5.92 Å². The van der Waals surface area contributed by atoms with Crippen LogP contribution in [0.25, 0.3) is 0 Å². The SMILES string of the molecule is CCCNC(=O)[C@H](C)N1CCN(C(=O)C2CCCC2)CC1. The lowest BCUT2D eigenvalue weighted by atomic mass is 10.1. The molecule has 1 atom stereocenters. The highest BCUT2D eigenvalue weighted by Crippen LogP contribution is 2.27.